The molecule has 108 valence electrons. The summed E-state index contributed by atoms with van der Waals surface area (Å²) in [6.07, 6.45) is 3.67. The lowest BCUT2D eigenvalue weighted by molar-refractivity contribution is 0.627. The molecule has 0 saturated heterocycles. The zero-order valence-electron chi connectivity index (χ0n) is 11.1. The molecule has 0 amide bonds. The standard InChI is InChI=1S/C14H11BrClFN4/c1-8-2-13-18-5-9(7-21(13)20-8)6-19-14-11(15)3-10(17)4-12(14)16/h2-5,7,19H,6H2,1H3. The Morgan fingerprint density at radius 2 is 2.19 bits per heavy atom. The number of nitrogens with one attached hydrogen (secondary N) is 1. The van der Waals surface area contributed by atoms with E-state index in [0.29, 0.717) is 21.7 Å². The molecular weight excluding hydrogens is 359 g/mol. The Balaban J connectivity index is 1.83. The fourth-order valence-corrected chi connectivity index (χ4v) is 2.99. The molecule has 7 heteroatoms. The van der Waals surface area contributed by atoms with Crippen molar-refractivity contribution in [3.8, 4) is 0 Å². The van der Waals surface area contributed by atoms with Crippen molar-refractivity contribution in [3.63, 3.8) is 0 Å². The van der Waals surface area contributed by atoms with Crippen molar-refractivity contribution < 1.29 is 4.39 Å². The quantitative estimate of drug-likeness (QED) is 0.752. The molecule has 0 aliphatic carbocycles. The second kappa shape index (κ2) is 5.61. The minimum absolute atomic E-state index is 0.325. The molecule has 0 radical (unpaired) electrons. The highest BCUT2D eigenvalue weighted by atomic mass is 79.9. The molecule has 4 nitrogen and oxygen atoms in total. The Morgan fingerprint density at radius 3 is 2.95 bits per heavy atom. The maximum Gasteiger partial charge on any atom is 0.155 e. The second-order valence-electron chi connectivity index (χ2n) is 4.65. The Labute approximate surface area is 134 Å². The number of halogens is 3. The van der Waals surface area contributed by atoms with Gasteiger partial charge < -0.3 is 5.32 Å². The highest BCUT2D eigenvalue weighted by molar-refractivity contribution is 9.10. The third kappa shape index (κ3) is 3.01. The minimum atomic E-state index is -0.382. The van der Waals surface area contributed by atoms with E-state index in [4.69, 9.17) is 11.6 Å². The monoisotopic (exact) mass is 368 g/mol. The summed E-state index contributed by atoms with van der Waals surface area (Å²) in [5, 5.41) is 7.81. The number of anilines is 1. The van der Waals surface area contributed by atoms with Gasteiger partial charge in [-0.15, -0.1) is 0 Å². The van der Waals surface area contributed by atoms with Crippen molar-refractivity contribution in [3.05, 3.63) is 57.2 Å². The molecule has 0 aliphatic heterocycles. The first-order chi connectivity index (χ1) is 10.0. The summed E-state index contributed by atoms with van der Waals surface area (Å²) < 4.78 is 15.5. The number of benzene rings is 1. The van der Waals surface area contributed by atoms with E-state index in [0.717, 1.165) is 16.9 Å². The molecule has 3 aromatic rings. The van der Waals surface area contributed by atoms with E-state index in [1.54, 1.807) is 10.7 Å². The van der Waals surface area contributed by atoms with Gasteiger partial charge in [0.05, 0.1) is 16.4 Å². The Hall–Kier alpha value is -1.66. The van der Waals surface area contributed by atoms with Gasteiger partial charge in [0.25, 0.3) is 0 Å². The fourth-order valence-electron chi connectivity index (χ4n) is 2.03. The molecule has 1 aromatic carbocycles. The first-order valence-electron chi connectivity index (χ1n) is 6.22. The second-order valence-corrected chi connectivity index (χ2v) is 5.91. The van der Waals surface area contributed by atoms with Crippen molar-refractivity contribution >= 4 is 38.9 Å². The maximum absolute atomic E-state index is 13.2. The lowest BCUT2D eigenvalue weighted by atomic mass is 10.3. The summed E-state index contributed by atoms with van der Waals surface area (Å²) in [6.45, 7) is 2.42. The summed E-state index contributed by atoms with van der Waals surface area (Å²) in [7, 11) is 0. The van der Waals surface area contributed by atoms with E-state index in [1.165, 1.54) is 12.1 Å². The van der Waals surface area contributed by atoms with E-state index in [9.17, 15) is 4.39 Å². The van der Waals surface area contributed by atoms with E-state index >= 15 is 0 Å². The molecule has 2 heterocycles. The maximum atomic E-state index is 13.2. The Morgan fingerprint density at radius 1 is 1.38 bits per heavy atom. The first-order valence-corrected chi connectivity index (χ1v) is 7.39. The van der Waals surface area contributed by atoms with E-state index < -0.39 is 0 Å². The van der Waals surface area contributed by atoms with Crippen LogP contribution in [0.4, 0.5) is 10.1 Å². The van der Waals surface area contributed by atoms with Crippen LogP contribution in [-0.2, 0) is 6.54 Å². The van der Waals surface area contributed by atoms with Gasteiger partial charge in [-0.3, -0.25) is 0 Å². The molecule has 0 atom stereocenters. The summed E-state index contributed by atoms with van der Waals surface area (Å²) in [6, 6.07) is 4.55. The lowest BCUT2D eigenvalue weighted by Crippen LogP contribution is -2.03. The molecule has 0 bridgehead atoms. The zero-order chi connectivity index (χ0) is 15.0. The average molecular weight is 370 g/mol. The van der Waals surface area contributed by atoms with Crippen LogP contribution in [0, 0.1) is 12.7 Å². The van der Waals surface area contributed by atoms with Crippen LogP contribution >= 0.6 is 27.5 Å². The molecule has 0 aliphatic rings. The van der Waals surface area contributed by atoms with E-state index in [1.807, 2.05) is 19.2 Å². The molecule has 1 N–H and O–H groups in total. The molecule has 2 aromatic heterocycles. The van der Waals surface area contributed by atoms with E-state index in [2.05, 4.69) is 31.3 Å². The number of fused-ring (bicyclic) bond motifs is 1. The van der Waals surface area contributed by atoms with Crippen molar-refractivity contribution in [2.75, 3.05) is 5.32 Å². The SMILES string of the molecule is Cc1cc2ncc(CNc3c(Cl)cc(F)cc3Br)cn2n1. The number of aryl methyl sites for hydroxylation is 1. The molecule has 21 heavy (non-hydrogen) atoms. The zero-order valence-corrected chi connectivity index (χ0v) is 13.4. The Bertz CT molecular complexity index is 795. The fraction of sp³-hybridized carbons (Fsp3) is 0.143. The van der Waals surface area contributed by atoms with Gasteiger partial charge in [0.1, 0.15) is 5.82 Å². The summed E-state index contributed by atoms with van der Waals surface area (Å²) in [5.41, 5.74) is 3.31. The average Bonchev–Trinajstić information content (AvgIpc) is 2.76. The van der Waals surface area contributed by atoms with Crippen LogP contribution in [-0.4, -0.2) is 14.6 Å². The summed E-state index contributed by atoms with van der Waals surface area (Å²) in [4.78, 5) is 4.33. The normalized spacial score (nSPS) is 11.0. The van der Waals surface area contributed by atoms with Gasteiger partial charge >= 0.3 is 0 Å². The first kappa shape index (κ1) is 14.3. The molecule has 3 rings (SSSR count). The van der Waals surface area contributed by atoms with Crippen molar-refractivity contribution in [2.45, 2.75) is 13.5 Å². The molecule has 0 fully saturated rings. The van der Waals surface area contributed by atoms with Crippen LogP contribution in [0.1, 0.15) is 11.3 Å². The van der Waals surface area contributed by atoms with Gasteiger partial charge in [0, 0.05) is 35.0 Å². The lowest BCUT2D eigenvalue weighted by Gasteiger charge is -2.10. The topological polar surface area (TPSA) is 42.2 Å². The summed E-state index contributed by atoms with van der Waals surface area (Å²) in [5.74, 6) is -0.382. The summed E-state index contributed by atoms with van der Waals surface area (Å²) >= 11 is 9.33. The van der Waals surface area contributed by atoms with Crippen LogP contribution in [0.15, 0.2) is 35.1 Å². The predicted molar refractivity (Wildman–Crippen MR) is 84.2 cm³/mol. The van der Waals surface area contributed by atoms with Crippen molar-refractivity contribution in [1.29, 1.82) is 0 Å². The van der Waals surface area contributed by atoms with Crippen LogP contribution in [0.2, 0.25) is 5.02 Å². The highest BCUT2D eigenvalue weighted by Gasteiger charge is 2.08. The predicted octanol–water partition coefficient (Wildman–Crippen LogP) is 4.20. The van der Waals surface area contributed by atoms with Crippen LogP contribution < -0.4 is 5.32 Å². The van der Waals surface area contributed by atoms with Gasteiger partial charge in [-0.1, -0.05) is 11.6 Å². The van der Waals surface area contributed by atoms with Crippen molar-refractivity contribution in [2.24, 2.45) is 0 Å². The molecular formula is C14H11BrClFN4. The van der Waals surface area contributed by atoms with Gasteiger partial charge in [0.2, 0.25) is 0 Å². The number of hydrogen-bond acceptors (Lipinski definition) is 3. The van der Waals surface area contributed by atoms with Crippen LogP contribution in [0.25, 0.3) is 5.65 Å². The third-order valence-electron chi connectivity index (χ3n) is 2.97. The highest BCUT2D eigenvalue weighted by Crippen LogP contribution is 2.31. The van der Waals surface area contributed by atoms with E-state index in [-0.39, 0.29) is 5.82 Å². The minimum Gasteiger partial charge on any atom is -0.379 e. The van der Waals surface area contributed by atoms with Crippen LogP contribution in [0.3, 0.4) is 0 Å². The van der Waals surface area contributed by atoms with Gasteiger partial charge in [0.15, 0.2) is 5.65 Å². The van der Waals surface area contributed by atoms with Crippen LogP contribution in [0.5, 0.6) is 0 Å². The third-order valence-corrected chi connectivity index (χ3v) is 3.89. The smallest absolute Gasteiger partial charge is 0.155 e. The number of aromatic nitrogens is 3. The Kier molecular flexibility index (Phi) is 3.82. The molecule has 0 saturated carbocycles. The number of hydrogen-bond donors (Lipinski definition) is 1. The van der Waals surface area contributed by atoms with Crippen molar-refractivity contribution in [1.82, 2.24) is 14.6 Å². The van der Waals surface area contributed by atoms with Gasteiger partial charge in [-0.2, -0.15) is 5.10 Å². The molecule has 0 unspecified atom stereocenters. The van der Waals surface area contributed by atoms with Gasteiger partial charge in [-0.05, 0) is 35.0 Å². The van der Waals surface area contributed by atoms with Gasteiger partial charge in [-0.25, -0.2) is 13.9 Å². The molecule has 0 spiro atoms. The number of nitrogens with zero attached hydrogens (tertiary/aromatic N) is 3. The largest absolute Gasteiger partial charge is 0.379 e. The number of rotatable bonds is 3.